The third kappa shape index (κ3) is 2.69. The Kier molecular flexibility index (Phi) is 3.53. The Hall–Kier alpha value is -0.880. The van der Waals surface area contributed by atoms with E-state index in [0.29, 0.717) is 31.8 Å². The lowest BCUT2D eigenvalue weighted by Crippen LogP contribution is -2.25. The summed E-state index contributed by atoms with van der Waals surface area (Å²) in [5.41, 5.74) is 1.69. The summed E-state index contributed by atoms with van der Waals surface area (Å²) in [5.74, 6) is 0.851. The van der Waals surface area contributed by atoms with Crippen LogP contribution in [0.5, 0.6) is 0 Å². The van der Waals surface area contributed by atoms with Gasteiger partial charge in [0.25, 0.3) is 0 Å². The zero-order valence-corrected chi connectivity index (χ0v) is 10.9. The van der Waals surface area contributed by atoms with E-state index in [-0.39, 0.29) is 11.0 Å². The number of hydrogen-bond acceptors (Lipinski definition) is 5. The van der Waals surface area contributed by atoms with Crippen molar-refractivity contribution in [1.29, 1.82) is 0 Å². The molecule has 1 aliphatic rings. The third-order valence-corrected chi connectivity index (χ3v) is 5.37. The number of nitrogens with zero attached hydrogens (tertiary/aromatic N) is 1. The van der Waals surface area contributed by atoms with Crippen molar-refractivity contribution in [2.75, 3.05) is 19.0 Å². The lowest BCUT2D eigenvalue weighted by atomic mass is 10.1. The van der Waals surface area contributed by atoms with Crippen molar-refractivity contribution in [3.8, 4) is 0 Å². The number of aryl methyl sites for hydroxylation is 2. The van der Waals surface area contributed by atoms with E-state index in [1.807, 2.05) is 6.92 Å². The maximum atomic E-state index is 12.0. The van der Waals surface area contributed by atoms with E-state index >= 15 is 0 Å². The highest BCUT2D eigenvalue weighted by Crippen LogP contribution is 2.18. The van der Waals surface area contributed by atoms with E-state index in [2.05, 4.69) is 5.16 Å². The highest BCUT2D eigenvalue weighted by atomic mass is 32.2. The summed E-state index contributed by atoms with van der Waals surface area (Å²) < 4.78 is 34.2. The van der Waals surface area contributed by atoms with Crippen molar-refractivity contribution in [3.05, 3.63) is 17.0 Å². The number of aromatic nitrogens is 1. The van der Waals surface area contributed by atoms with Crippen LogP contribution in [-0.2, 0) is 21.0 Å². The SMILES string of the molecule is Cc1noc(C)c1CCS(=O)(=O)C1CCOC1. The average Bonchev–Trinajstić information content (AvgIpc) is 2.88. The molecule has 1 saturated heterocycles. The molecule has 0 radical (unpaired) electrons. The molecule has 0 N–H and O–H groups in total. The number of sulfone groups is 1. The van der Waals surface area contributed by atoms with Gasteiger partial charge in [-0.15, -0.1) is 0 Å². The van der Waals surface area contributed by atoms with E-state index < -0.39 is 9.84 Å². The first-order valence-electron chi connectivity index (χ1n) is 5.72. The fourth-order valence-corrected chi connectivity index (χ4v) is 3.65. The van der Waals surface area contributed by atoms with Crippen molar-refractivity contribution in [1.82, 2.24) is 5.16 Å². The van der Waals surface area contributed by atoms with Gasteiger partial charge < -0.3 is 9.26 Å². The Morgan fingerprint density at radius 1 is 1.41 bits per heavy atom. The highest BCUT2D eigenvalue weighted by molar-refractivity contribution is 7.92. The molecule has 0 amide bonds. The second kappa shape index (κ2) is 4.78. The maximum Gasteiger partial charge on any atom is 0.155 e. The van der Waals surface area contributed by atoms with E-state index in [1.54, 1.807) is 6.92 Å². The largest absolute Gasteiger partial charge is 0.380 e. The van der Waals surface area contributed by atoms with Crippen LogP contribution in [0.3, 0.4) is 0 Å². The summed E-state index contributed by atoms with van der Waals surface area (Å²) >= 11 is 0. The molecule has 2 heterocycles. The molecule has 1 aromatic rings. The van der Waals surface area contributed by atoms with Crippen molar-refractivity contribution >= 4 is 9.84 Å². The van der Waals surface area contributed by atoms with Gasteiger partial charge in [-0.25, -0.2) is 8.42 Å². The first-order valence-corrected chi connectivity index (χ1v) is 7.43. The van der Waals surface area contributed by atoms with Gasteiger partial charge in [-0.05, 0) is 26.7 Å². The zero-order valence-electron chi connectivity index (χ0n) is 10.1. The lowest BCUT2D eigenvalue weighted by Gasteiger charge is -2.09. The summed E-state index contributed by atoms with van der Waals surface area (Å²) in [6, 6.07) is 0. The minimum absolute atomic E-state index is 0.143. The quantitative estimate of drug-likeness (QED) is 0.808. The molecule has 0 aromatic carbocycles. The van der Waals surface area contributed by atoms with Gasteiger partial charge in [-0.3, -0.25) is 0 Å². The van der Waals surface area contributed by atoms with Gasteiger partial charge in [0.05, 0.1) is 23.3 Å². The minimum atomic E-state index is -3.06. The van der Waals surface area contributed by atoms with Crippen LogP contribution >= 0.6 is 0 Å². The topological polar surface area (TPSA) is 69.4 Å². The number of hydrogen-bond donors (Lipinski definition) is 0. The molecule has 1 aromatic heterocycles. The van der Waals surface area contributed by atoms with Gasteiger partial charge in [0, 0.05) is 12.2 Å². The molecule has 17 heavy (non-hydrogen) atoms. The Balaban J connectivity index is 2.02. The highest BCUT2D eigenvalue weighted by Gasteiger charge is 2.29. The summed E-state index contributed by atoms with van der Waals surface area (Å²) in [4.78, 5) is 0. The van der Waals surface area contributed by atoms with Crippen molar-refractivity contribution < 1.29 is 17.7 Å². The fourth-order valence-electron chi connectivity index (χ4n) is 2.07. The van der Waals surface area contributed by atoms with Crippen molar-refractivity contribution in [3.63, 3.8) is 0 Å². The van der Waals surface area contributed by atoms with Crippen LogP contribution in [0.15, 0.2) is 4.52 Å². The minimum Gasteiger partial charge on any atom is -0.380 e. The van der Waals surface area contributed by atoms with Gasteiger partial charge in [0.15, 0.2) is 9.84 Å². The second-order valence-electron chi connectivity index (χ2n) is 4.41. The molecule has 1 aliphatic heterocycles. The van der Waals surface area contributed by atoms with Crippen LogP contribution in [0.4, 0.5) is 0 Å². The Bertz CT molecular complexity index is 466. The fraction of sp³-hybridized carbons (Fsp3) is 0.727. The summed E-state index contributed by atoms with van der Waals surface area (Å²) in [6.45, 7) is 4.52. The number of rotatable bonds is 4. The van der Waals surface area contributed by atoms with Crippen LogP contribution in [0.1, 0.15) is 23.4 Å². The monoisotopic (exact) mass is 259 g/mol. The van der Waals surface area contributed by atoms with Crippen LogP contribution < -0.4 is 0 Å². The molecular weight excluding hydrogens is 242 g/mol. The molecule has 1 atom stereocenters. The van der Waals surface area contributed by atoms with E-state index in [1.165, 1.54) is 0 Å². The molecule has 1 fully saturated rings. The van der Waals surface area contributed by atoms with Crippen LogP contribution in [-0.4, -0.2) is 37.8 Å². The standard InChI is InChI=1S/C11H17NO4S/c1-8-11(9(2)16-12-8)4-6-17(13,14)10-3-5-15-7-10/h10H,3-7H2,1-2H3. The Morgan fingerprint density at radius 2 is 2.18 bits per heavy atom. The van der Waals surface area contributed by atoms with Gasteiger partial charge in [0.2, 0.25) is 0 Å². The molecule has 2 rings (SSSR count). The van der Waals surface area contributed by atoms with E-state index in [0.717, 1.165) is 11.3 Å². The first kappa shape index (κ1) is 12.6. The molecule has 0 spiro atoms. The molecular formula is C11H17NO4S. The molecule has 96 valence electrons. The normalized spacial score (nSPS) is 20.9. The average molecular weight is 259 g/mol. The zero-order chi connectivity index (χ0) is 12.5. The van der Waals surface area contributed by atoms with Crippen LogP contribution in [0, 0.1) is 13.8 Å². The lowest BCUT2D eigenvalue weighted by molar-refractivity contribution is 0.198. The van der Waals surface area contributed by atoms with Crippen molar-refractivity contribution in [2.45, 2.75) is 31.9 Å². The predicted molar refractivity (Wildman–Crippen MR) is 62.7 cm³/mol. The third-order valence-electron chi connectivity index (χ3n) is 3.21. The first-order chi connectivity index (χ1) is 8.00. The van der Waals surface area contributed by atoms with Crippen LogP contribution in [0.2, 0.25) is 0 Å². The molecule has 1 unspecified atom stereocenters. The summed E-state index contributed by atoms with van der Waals surface area (Å²) in [5, 5.41) is 3.49. The molecule has 6 heteroatoms. The van der Waals surface area contributed by atoms with Gasteiger partial charge >= 0.3 is 0 Å². The maximum absolute atomic E-state index is 12.0. The van der Waals surface area contributed by atoms with Gasteiger partial charge in [-0.1, -0.05) is 5.16 Å². The second-order valence-corrected chi connectivity index (χ2v) is 6.81. The smallest absolute Gasteiger partial charge is 0.155 e. The van der Waals surface area contributed by atoms with Crippen LogP contribution in [0.25, 0.3) is 0 Å². The van der Waals surface area contributed by atoms with E-state index in [9.17, 15) is 8.42 Å². The molecule has 5 nitrogen and oxygen atoms in total. The Morgan fingerprint density at radius 3 is 2.71 bits per heavy atom. The van der Waals surface area contributed by atoms with Gasteiger partial charge in [-0.2, -0.15) is 0 Å². The molecule has 0 aliphatic carbocycles. The molecule has 0 bridgehead atoms. The Labute approximate surface area is 101 Å². The van der Waals surface area contributed by atoms with E-state index in [4.69, 9.17) is 9.26 Å². The number of ether oxygens (including phenoxy) is 1. The summed E-state index contributed by atoms with van der Waals surface area (Å²) in [6.07, 6.45) is 1.09. The van der Waals surface area contributed by atoms with Gasteiger partial charge in [0.1, 0.15) is 5.76 Å². The predicted octanol–water partition coefficient (Wildman–Crippen LogP) is 1.04. The van der Waals surface area contributed by atoms with Crippen molar-refractivity contribution in [2.24, 2.45) is 0 Å². The molecule has 0 saturated carbocycles. The summed E-state index contributed by atoms with van der Waals surface area (Å²) in [7, 11) is -3.06.